The highest BCUT2D eigenvalue weighted by molar-refractivity contribution is 5.92. The second kappa shape index (κ2) is 5.67. The van der Waals surface area contributed by atoms with Crippen molar-refractivity contribution in [3.8, 4) is 0 Å². The molecule has 1 fully saturated rings. The third-order valence-corrected chi connectivity index (χ3v) is 3.80. The predicted molar refractivity (Wildman–Crippen MR) is 71.0 cm³/mol. The molecule has 2 rings (SSSR count). The van der Waals surface area contributed by atoms with E-state index in [1.807, 2.05) is 0 Å². The molecule has 0 aromatic heterocycles. The van der Waals surface area contributed by atoms with Gasteiger partial charge in [0.2, 0.25) is 5.91 Å². The molecule has 104 valence electrons. The highest BCUT2D eigenvalue weighted by Gasteiger charge is 2.34. The van der Waals surface area contributed by atoms with Crippen LogP contribution >= 0.6 is 0 Å². The van der Waals surface area contributed by atoms with Crippen LogP contribution < -0.4 is 11.1 Å². The number of benzene rings is 1. The van der Waals surface area contributed by atoms with Crippen LogP contribution in [-0.4, -0.2) is 23.2 Å². The number of hydrogen-bond donors (Lipinski definition) is 3. The molecule has 1 aliphatic carbocycles. The molecule has 19 heavy (non-hydrogen) atoms. The van der Waals surface area contributed by atoms with Crippen molar-refractivity contribution in [2.24, 2.45) is 11.7 Å². The Morgan fingerprint density at radius 3 is 2.63 bits per heavy atom. The fourth-order valence-electron chi connectivity index (χ4n) is 2.42. The van der Waals surface area contributed by atoms with Crippen molar-refractivity contribution in [3.63, 3.8) is 0 Å². The zero-order valence-electron chi connectivity index (χ0n) is 10.7. The molecule has 0 unspecified atom stereocenters. The molecular weight excluding hydrogens is 247 g/mol. The van der Waals surface area contributed by atoms with E-state index in [1.165, 1.54) is 12.1 Å². The zero-order valence-corrected chi connectivity index (χ0v) is 10.7. The SMILES string of the molecule is NCC1(O)CCC(C(=O)Nc2ccccc2F)CC1. The molecular formula is C14H19FN2O2. The monoisotopic (exact) mass is 266 g/mol. The van der Waals surface area contributed by atoms with Gasteiger partial charge in [0, 0.05) is 12.5 Å². The molecule has 4 N–H and O–H groups in total. The minimum Gasteiger partial charge on any atom is -0.389 e. The average molecular weight is 266 g/mol. The summed E-state index contributed by atoms with van der Waals surface area (Å²) < 4.78 is 13.4. The lowest BCUT2D eigenvalue weighted by Gasteiger charge is -2.34. The summed E-state index contributed by atoms with van der Waals surface area (Å²) >= 11 is 0. The van der Waals surface area contributed by atoms with Crippen molar-refractivity contribution >= 4 is 11.6 Å². The van der Waals surface area contributed by atoms with Gasteiger partial charge in [-0.1, -0.05) is 12.1 Å². The van der Waals surface area contributed by atoms with Crippen LogP contribution in [0.15, 0.2) is 24.3 Å². The average Bonchev–Trinajstić information content (AvgIpc) is 2.42. The standard InChI is InChI=1S/C14H19FN2O2/c15-11-3-1-2-4-12(11)17-13(18)10-5-7-14(19,9-16)8-6-10/h1-4,10,19H,5-9,16H2,(H,17,18). The summed E-state index contributed by atoms with van der Waals surface area (Å²) in [7, 11) is 0. The number of aliphatic hydroxyl groups is 1. The number of carbonyl (C=O) groups excluding carboxylic acids is 1. The number of halogens is 1. The van der Waals surface area contributed by atoms with E-state index in [0.717, 1.165) is 0 Å². The first-order chi connectivity index (χ1) is 9.04. The molecule has 0 spiro atoms. The number of nitrogens with one attached hydrogen (secondary N) is 1. The van der Waals surface area contributed by atoms with Crippen molar-refractivity contribution in [2.45, 2.75) is 31.3 Å². The van der Waals surface area contributed by atoms with Gasteiger partial charge in [0.25, 0.3) is 0 Å². The molecule has 1 aliphatic rings. The highest BCUT2D eigenvalue weighted by atomic mass is 19.1. The van der Waals surface area contributed by atoms with Gasteiger partial charge in [0.15, 0.2) is 0 Å². The van der Waals surface area contributed by atoms with Gasteiger partial charge in [-0.3, -0.25) is 4.79 Å². The minimum atomic E-state index is -0.839. The van der Waals surface area contributed by atoms with E-state index in [9.17, 15) is 14.3 Å². The van der Waals surface area contributed by atoms with Gasteiger partial charge in [0.1, 0.15) is 5.82 Å². The van der Waals surface area contributed by atoms with Crippen LogP contribution in [0.25, 0.3) is 0 Å². The van der Waals surface area contributed by atoms with Crippen molar-refractivity contribution in [3.05, 3.63) is 30.1 Å². The molecule has 0 saturated heterocycles. The van der Waals surface area contributed by atoms with Crippen LogP contribution in [-0.2, 0) is 4.79 Å². The van der Waals surface area contributed by atoms with E-state index < -0.39 is 11.4 Å². The van der Waals surface area contributed by atoms with Crippen LogP contribution in [0.2, 0.25) is 0 Å². The van der Waals surface area contributed by atoms with E-state index in [4.69, 9.17) is 5.73 Å². The van der Waals surface area contributed by atoms with E-state index in [1.54, 1.807) is 12.1 Å². The minimum absolute atomic E-state index is 0.188. The number of carbonyl (C=O) groups is 1. The number of anilines is 1. The van der Waals surface area contributed by atoms with Crippen LogP contribution in [0.1, 0.15) is 25.7 Å². The van der Waals surface area contributed by atoms with Crippen molar-refractivity contribution < 1.29 is 14.3 Å². The molecule has 1 aromatic carbocycles. The highest BCUT2D eigenvalue weighted by Crippen LogP contribution is 2.32. The second-order valence-corrected chi connectivity index (χ2v) is 5.17. The Hall–Kier alpha value is -1.46. The lowest BCUT2D eigenvalue weighted by Crippen LogP contribution is -2.43. The second-order valence-electron chi connectivity index (χ2n) is 5.17. The third kappa shape index (κ3) is 3.30. The molecule has 0 atom stereocenters. The molecule has 0 bridgehead atoms. The number of nitrogens with two attached hydrogens (primary N) is 1. The van der Waals surface area contributed by atoms with Gasteiger partial charge in [-0.2, -0.15) is 0 Å². The number of para-hydroxylation sites is 1. The van der Waals surface area contributed by atoms with Crippen LogP contribution in [0.5, 0.6) is 0 Å². The van der Waals surface area contributed by atoms with Crippen molar-refractivity contribution in [1.82, 2.24) is 0 Å². The summed E-state index contributed by atoms with van der Waals surface area (Å²) in [6.07, 6.45) is 2.18. The molecule has 1 amide bonds. The third-order valence-electron chi connectivity index (χ3n) is 3.80. The summed E-state index contributed by atoms with van der Waals surface area (Å²) in [5.41, 5.74) is 4.86. The summed E-state index contributed by atoms with van der Waals surface area (Å²) in [4.78, 5) is 12.0. The fraction of sp³-hybridized carbons (Fsp3) is 0.500. The van der Waals surface area contributed by atoms with Gasteiger partial charge < -0.3 is 16.2 Å². The van der Waals surface area contributed by atoms with Gasteiger partial charge in [-0.25, -0.2) is 4.39 Å². The lowest BCUT2D eigenvalue weighted by atomic mass is 9.78. The molecule has 4 nitrogen and oxygen atoms in total. The summed E-state index contributed by atoms with van der Waals surface area (Å²) in [5, 5.41) is 12.6. The Bertz CT molecular complexity index is 457. The van der Waals surface area contributed by atoms with Gasteiger partial charge in [-0.15, -0.1) is 0 Å². The van der Waals surface area contributed by atoms with E-state index in [2.05, 4.69) is 5.32 Å². The Balaban J connectivity index is 1.94. The molecule has 0 aliphatic heterocycles. The van der Waals surface area contributed by atoms with Gasteiger partial charge in [0.05, 0.1) is 11.3 Å². The Morgan fingerprint density at radius 2 is 2.05 bits per heavy atom. The number of amides is 1. The van der Waals surface area contributed by atoms with Crippen molar-refractivity contribution in [1.29, 1.82) is 0 Å². The Kier molecular flexibility index (Phi) is 4.17. The Labute approximate surface area is 111 Å². The smallest absolute Gasteiger partial charge is 0.227 e. The summed E-state index contributed by atoms with van der Waals surface area (Å²) in [6, 6.07) is 6.09. The number of rotatable bonds is 3. The Morgan fingerprint density at radius 1 is 1.42 bits per heavy atom. The van der Waals surface area contributed by atoms with Crippen LogP contribution in [0.4, 0.5) is 10.1 Å². The first kappa shape index (κ1) is 14.0. The van der Waals surface area contributed by atoms with Gasteiger partial charge >= 0.3 is 0 Å². The van der Waals surface area contributed by atoms with Gasteiger partial charge in [-0.05, 0) is 37.8 Å². The maximum atomic E-state index is 13.4. The lowest BCUT2D eigenvalue weighted by molar-refractivity contribution is -0.122. The number of hydrogen-bond acceptors (Lipinski definition) is 3. The molecule has 5 heteroatoms. The molecule has 1 aromatic rings. The maximum absolute atomic E-state index is 13.4. The predicted octanol–water partition coefficient (Wildman–Crippen LogP) is 1.64. The maximum Gasteiger partial charge on any atom is 0.227 e. The van der Waals surface area contributed by atoms with Crippen LogP contribution in [0, 0.1) is 11.7 Å². The summed E-state index contributed by atoms with van der Waals surface area (Å²) in [5.74, 6) is -0.819. The fourth-order valence-corrected chi connectivity index (χ4v) is 2.42. The molecule has 1 saturated carbocycles. The van der Waals surface area contributed by atoms with E-state index >= 15 is 0 Å². The zero-order chi connectivity index (χ0) is 13.9. The first-order valence-corrected chi connectivity index (χ1v) is 6.52. The quantitative estimate of drug-likeness (QED) is 0.778. The normalized spacial score (nSPS) is 27.0. The van der Waals surface area contributed by atoms with E-state index in [-0.39, 0.29) is 24.1 Å². The molecule has 0 radical (unpaired) electrons. The largest absolute Gasteiger partial charge is 0.389 e. The first-order valence-electron chi connectivity index (χ1n) is 6.52. The molecule has 0 heterocycles. The van der Waals surface area contributed by atoms with Crippen molar-refractivity contribution in [2.75, 3.05) is 11.9 Å². The topological polar surface area (TPSA) is 75.3 Å². The van der Waals surface area contributed by atoms with Crippen LogP contribution in [0.3, 0.4) is 0 Å². The summed E-state index contributed by atoms with van der Waals surface area (Å²) in [6.45, 7) is 0.217. The van der Waals surface area contributed by atoms with E-state index in [0.29, 0.717) is 25.7 Å².